The van der Waals surface area contributed by atoms with Crippen molar-refractivity contribution < 1.29 is 9.22 Å². The highest BCUT2D eigenvalue weighted by Gasteiger charge is 2.40. The summed E-state index contributed by atoms with van der Waals surface area (Å²) in [5, 5.41) is 0.749. The van der Waals surface area contributed by atoms with Gasteiger partial charge in [0.1, 0.15) is 0 Å². The maximum absolute atomic E-state index is 13.6. The van der Waals surface area contributed by atoms with Gasteiger partial charge in [0.15, 0.2) is 5.78 Å². The van der Waals surface area contributed by atoms with Gasteiger partial charge >= 0.3 is 5.78 Å². The van der Waals surface area contributed by atoms with Crippen molar-refractivity contribution in [3.05, 3.63) is 23.3 Å². The Morgan fingerprint density at radius 3 is 1.14 bits per heavy atom. The third-order valence-electron chi connectivity index (χ3n) is 5.35. The molecule has 0 amide bonds. The summed E-state index contributed by atoms with van der Waals surface area (Å²) in [5.74, 6) is 1.07. The molecule has 166 valence electrons. The summed E-state index contributed by atoms with van der Waals surface area (Å²) in [6.07, 6.45) is 5.70. The van der Waals surface area contributed by atoms with E-state index < -0.39 is 0 Å². The average molecular weight is 440 g/mol. The van der Waals surface area contributed by atoms with Crippen molar-refractivity contribution in [2.45, 2.75) is 104 Å². The van der Waals surface area contributed by atoms with Crippen LogP contribution in [-0.2, 0) is 9.22 Å². The topological polar surface area (TPSA) is 28.4 Å². The van der Waals surface area contributed by atoms with Crippen LogP contribution in [0.15, 0.2) is 23.3 Å². The summed E-state index contributed by atoms with van der Waals surface area (Å²) < 4.78 is 5.63. The molecule has 0 N–H and O–H groups in total. The number of carbonyl (C=O) groups is 1. The van der Waals surface area contributed by atoms with Gasteiger partial charge in [0.25, 0.3) is 7.11 Å². The number of allylic oxidation sites excluding steroid dienone is 4. The summed E-state index contributed by atoms with van der Waals surface area (Å²) >= 11 is 0. The first-order valence-electron chi connectivity index (χ1n) is 10.7. The summed E-state index contributed by atoms with van der Waals surface area (Å²) in [6, 6.07) is 0. The molecule has 0 heterocycles. The average Bonchev–Trinajstić information content (AvgIpc) is 2.47. The molecule has 0 spiro atoms. The van der Waals surface area contributed by atoms with E-state index in [1.165, 1.54) is 0 Å². The third kappa shape index (κ3) is 7.40. The first kappa shape index (κ1) is 26.7. The monoisotopic (exact) mass is 439 g/mol. The van der Waals surface area contributed by atoms with Gasteiger partial charge in [-0.25, -0.2) is 0 Å². The van der Waals surface area contributed by atoms with Gasteiger partial charge in [0.05, 0.1) is 0 Å². The zero-order valence-electron chi connectivity index (χ0n) is 21.3. The molecule has 4 heteroatoms. The normalized spacial score (nSPS) is 17.1. The smallest absolute Gasteiger partial charge is 0.289 e. The van der Waals surface area contributed by atoms with Gasteiger partial charge in [-0.05, 0) is 32.9 Å². The van der Waals surface area contributed by atoms with E-state index in [4.69, 9.17) is 4.42 Å². The van der Waals surface area contributed by atoms with Crippen LogP contribution < -0.4 is 0 Å². The molecule has 0 aliphatic heterocycles. The molecular formula is C25H45O2P2+. The van der Waals surface area contributed by atoms with E-state index in [1.54, 1.807) is 7.11 Å². The van der Waals surface area contributed by atoms with Crippen LogP contribution in [0.4, 0.5) is 0 Å². The van der Waals surface area contributed by atoms with Crippen molar-refractivity contribution in [1.29, 1.82) is 0 Å². The largest absolute Gasteiger partial charge is 0.343 e. The van der Waals surface area contributed by atoms with E-state index in [-0.39, 0.29) is 42.3 Å². The van der Waals surface area contributed by atoms with E-state index in [1.807, 2.05) is 12.2 Å². The molecule has 2 nitrogen and oxygen atoms in total. The summed E-state index contributed by atoms with van der Waals surface area (Å²) in [5.41, 5.74) is 1.88. The van der Waals surface area contributed by atoms with Crippen LogP contribution in [0, 0.1) is 0 Å². The van der Waals surface area contributed by atoms with Crippen LogP contribution in [-0.4, -0.2) is 51.6 Å². The lowest BCUT2D eigenvalue weighted by Gasteiger charge is -2.43. The van der Waals surface area contributed by atoms with Gasteiger partial charge in [-0.2, -0.15) is 0 Å². The highest BCUT2D eigenvalue weighted by molar-refractivity contribution is 7.61. The maximum Gasteiger partial charge on any atom is 0.343 e. The molecule has 0 atom stereocenters. The molecule has 1 rings (SSSR count). The Kier molecular flexibility index (Phi) is 8.33. The fourth-order valence-electron chi connectivity index (χ4n) is 4.38. The number of rotatable bonds is 4. The van der Waals surface area contributed by atoms with Gasteiger partial charge < -0.3 is 0 Å². The molecule has 0 aromatic heterocycles. The fraction of sp³-hybridized carbons (Fsp3) is 0.760. The lowest BCUT2D eigenvalue weighted by Crippen LogP contribution is -2.31. The Hall–Kier alpha value is -0.320. The van der Waals surface area contributed by atoms with Gasteiger partial charge in [-0.15, -0.1) is 0 Å². The van der Waals surface area contributed by atoms with Crippen LogP contribution >= 0.6 is 15.8 Å². The summed E-state index contributed by atoms with van der Waals surface area (Å²) in [4.78, 5) is 13.6. The van der Waals surface area contributed by atoms with E-state index >= 15 is 0 Å². The molecule has 0 unspecified atom stereocenters. The molecule has 0 fully saturated rings. The Morgan fingerprint density at radius 1 is 0.655 bits per heavy atom. The van der Waals surface area contributed by atoms with Crippen LogP contribution in [0.2, 0.25) is 0 Å². The van der Waals surface area contributed by atoms with Gasteiger partial charge in [-0.3, -0.25) is 9.22 Å². The van der Waals surface area contributed by atoms with Crippen molar-refractivity contribution in [1.82, 2.24) is 0 Å². The van der Waals surface area contributed by atoms with Crippen molar-refractivity contribution in [2.24, 2.45) is 0 Å². The summed E-state index contributed by atoms with van der Waals surface area (Å²) in [6.45, 7) is 27.8. The molecule has 0 saturated heterocycles. The van der Waals surface area contributed by atoms with E-state index in [0.29, 0.717) is 0 Å². The van der Waals surface area contributed by atoms with Crippen LogP contribution in [0.25, 0.3) is 0 Å². The minimum atomic E-state index is -0.381. The highest BCUT2D eigenvalue weighted by atomic mass is 31.1. The lowest BCUT2D eigenvalue weighted by atomic mass is 9.98. The van der Waals surface area contributed by atoms with Gasteiger partial charge in [-0.1, -0.05) is 98.9 Å². The third-order valence-corrected chi connectivity index (χ3v) is 13.1. The van der Waals surface area contributed by atoms with Crippen LogP contribution in [0.1, 0.15) is 83.1 Å². The SMILES string of the molecule is C[O+]=C1C=C(CP(C(C)(C)C)C(C)(C)C)C(=O)C(CP(C(C)(C)C)C(C)(C)C)=C1. The minimum Gasteiger partial charge on any atom is -0.289 e. The number of hydrogen-bond donors (Lipinski definition) is 0. The molecule has 0 radical (unpaired) electrons. The van der Waals surface area contributed by atoms with Gasteiger partial charge in [0.2, 0.25) is 0 Å². The Bertz CT molecular complexity index is 615. The number of ketones is 2. The minimum absolute atomic E-state index is 0.187. The van der Waals surface area contributed by atoms with E-state index in [9.17, 15) is 4.79 Å². The van der Waals surface area contributed by atoms with E-state index in [0.717, 1.165) is 29.3 Å². The quantitative estimate of drug-likeness (QED) is 0.256. The molecular weight excluding hydrogens is 394 g/mol. The Balaban J connectivity index is 3.31. The van der Waals surface area contributed by atoms with Crippen LogP contribution in [0.3, 0.4) is 0 Å². The van der Waals surface area contributed by atoms with E-state index in [2.05, 4.69) is 83.1 Å². The zero-order valence-corrected chi connectivity index (χ0v) is 23.1. The van der Waals surface area contributed by atoms with Crippen molar-refractivity contribution >= 4 is 27.4 Å². The van der Waals surface area contributed by atoms with Crippen molar-refractivity contribution in [3.8, 4) is 0 Å². The molecule has 0 bridgehead atoms. The lowest BCUT2D eigenvalue weighted by molar-refractivity contribution is -0.417. The predicted molar refractivity (Wildman–Crippen MR) is 135 cm³/mol. The Labute approximate surface area is 183 Å². The number of hydrogen-bond acceptors (Lipinski definition) is 1. The molecule has 1 aliphatic carbocycles. The second-order valence-corrected chi connectivity index (χ2v) is 19.8. The maximum atomic E-state index is 13.6. The Morgan fingerprint density at radius 2 is 0.931 bits per heavy atom. The second kappa shape index (κ2) is 9.04. The molecule has 1 aliphatic rings. The predicted octanol–water partition coefficient (Wildman–Crippen LogP) is 7.31. The fourth-order valence-corrected chi connectivity index (χ4v) is 11.5. The second-order valence-electron chi connectivity index (χ2n) is 12.1. The van der Waals surface area contributed by atoms with Gasteiger partial charge in [0, 0.05) is 23.3 Å². The summed E-state index contributed by atoms with van der Waals surface area (Å²) in [7, 11) is 0.947. The number of Topliss-reactive ketones (excluding diaryl/α,β-unsaturated/α-hetero) is 1. The highest BCUT2D eigenvalue weighted by Crippen LogP contribution is 2.62. The first-order chi connectivity index (χ1) is 12.8. The van der Waals surface area contributed by atoms with Crippen molar-refractivity contribution in [2.75, 3.05) is 19.4 Å². The standard InChI is InChI=1S/C25H45O2P2/c1-22(2,3)28(23(4,5)6)16-18-14-20(27-13)15-19(21(18)26)17-29(24(7,8)9)25(10,11)12/h14-15H,16-17H2,1-13H3/q+1. The van der Waals surface area contributed by atoms with Crippen molar-refractivity contribution in [3.63, 3.8) is 0 Å². The molecule has 0 aromatic rings. The molecule has 0 aromatic carbocycles. The van der Waals surface area contributed by atoms with Crippen LogP contribution in [0.5, 0.6) is 0 Å². The first-order valence-corrected chi connectivity index (χ1v) is 13.8. The molecule has 0 saturated carbocycles. The zero-order chi connectivity index (χ0) is 23.0. The number of carbonyl (C=O) groups excluding carboxylic acids is 2. The molecule has 29 heavy (non-hydrogen) atoms.